The van der Waals surface area contributed by atoms with Gasteiger partial charge in [0, 0.05) is 28.2 Å². The van der Waals surface area contributed by atoms with Crippen molar-refractivity contribution >= 4 is 22.5 Å². The van der Waals surface area contributed by atoms with E-state index in [0.717, 1.165) is 10.9 Å². The highest BCUT2D eigenvalue weighted by Crippen LogP contribution is 2.44. The molecule has 114 valence electrons. The Morgan fingerprint density at radius 3 is 2.65 bits per heavy atom. The molecule has 1 aromatic heterocycles. The van der Waals surface area contributed by atoms with Gasteiger partial charge in [0.15, 0.2) is 5.60 Å². The molecule has 0 saturated heterocycles. The van der Waals surface area contributed by atoms with Gasteiger partial charge in [-0.1, -0.05) is 49.4 Å². The van der Waals surface area contributed by atoms with Gasteiger partial charge >= 0.3 is 0 Å². The fraction of sp³-hybridized carbons (Fsp3) is 0.158. The van der Waals surface area contributed by atoms with E-state index >= 15 is 0 Å². The maximum absolute atomic E-state index is 12.4. The summed E-state index contributed by atoms with van der Waals surface area (Å²) < 4.78 is 0. The number of hydrogen-bond donors (Lipinski definition) is 2. The zero-order valence-corrected chi connectivity index (χ0v) is 12.7. The van der Waals surface area contributed by atoms with Crippen molar-refractivity contribution < 1.29 is 9.90 Å². The Labute approximate surface area is 133 Å². The van der Waals surface area contributed by atoms with Gasteiger partial charge in [0.25, 0.3) is 5.91 Å². The molecule has 4 nitrogen and oxygen atoms in total. The summed E-state index contributed by atoms with van der Waals surface area (Å²) in [6.07, 6.45) is 0. The van der Waals surface area contributed by atoms with Gasteiger partial charge in [0.05, 0.1) is 5.52 Å². The molecule has 0 bridgehead atoms. The minimum atomic E-state index is -1.61. The van der Waals surface area contributed by atoms with Crippen LogP contribution >= 0.6 is 0 Å². The van der Waals surface area contributed by atoms with E-state index in [0.29, 0.717) is 16.9 Å². The predicted molar refractivity (Wildman–Crippen MR) is 89.1 cm³/mol. The Hall–Kier alpha value is -2.72. The van der Waals surface area contributed by atoms with Gasteiger partial charge in [-0.15, -0.1) is 0 Å². The molecule has 0 aliphatic carbocycles. The molecule has 3 aromatic rings. The van der Waals surface area contributed by atoms with E-state index in [1.807, 2.05) is 55.5 Å². The number of nitrogens with one attached hydrogen (secondary N) is 1. The average Bonchev–Trinajstić information content (AvgIpc) is 2.86. The summed E-state index contributed by atoms with van der Waals surface area (Å²) in [5.74, 6) is -0.864. The average molecular weight is 304 g/mol. The maximum Gasteiger partial charge on any atom is 0.261 e. The Morgan fingerprint density at radius 2 is 1.78 bits per heavy atom. The van der Waals surface area contributed by atoms with Crippen molar-refractivity contribution in [2.45, 2.75) is 18.4 Å². The van der Waals surface area contributed by atoms with E-state index in [1.165, 1.54) is 0 Å². The van der Waals surface area contributed by atoms with Crippen LogP contribution in [0.3, 0.4) is 0 Å². The molecule has 23 heavy (non-hydrogen) atoms. The molecular weight excluding hydrogens is 288 g/mol. The second kappa shape index (κ2) is 4.89. The predicted octanol–water partition coefficient (Wildman–Crippen LogP) is 3.18. The number of hydrogen-bond acceptors (Lipinski definition) is 3. The molecule has 2 unspecified atom stereocenters. The van der Waals surface area contributed by atoms with E-state index in [-0.39, 0.29) is 0 Å². The van der Waals surface area contributed by atoms with Gasteiger partial charge in [-0.05, 0) is 18.2 Å². The maximum atomic E-state index is 12.4. The van der Waals surface area contributed by atoms with Crippen LogP contribution in [-0.2, 0) is 10.4 Å². The molecule has 1 aliphatic rings. The van der Waals surface area contributed by atoms with Crippen LogP contribution < -0.4 is 5.32 Å². The number of para-hydroxylation sites is 2. The highest BCUT2D eigenvalue weighted by molar-refractivity contribution is 6.05. The molecule has 2 aromatic carbocycles. The molecule has 2 N–H and O–H groups in total. The van der Waals surface area contributed by atoms with Gasteiger partial charge in [-0.2, -0.15) is 0 Å². The van der Waals surface area contributed by atoms with Crippen molar-refractivity contribution in [3.63, 3.8) is 0 Å². The summed E-state index contributed by atoms with van der Waals surface area (Å²) in [7, 11) is 0. The van der Waals surface area contributed by atoms with Crippen molar-refractivity contribution in [2.24, 2.45) is 0 Å². The van der Waals surface area contributed by atoms with Gasteiger partial charge in [0.2, 0.25) is 0 Å². The number of aliphatic hydroxyl groups is 1. The van der Waals surface area contributed by atoms with Crippen LogP contribution in [0.4, 0.5) is 5.69 Å². The van der Waals surface area contributed by atoms with Crippen molar-refractivity contribution in [2.75, 3.05) is 5.32 Å². The third kappa shape index (κ3) is 1.95. The molecule has 1 aliphatic heterocycles. The van der Waals surface area contributed by atoms with Crippen molar-refractivity contribution in [3.05, 3.63) is 71.9 Å². The van der Waals surface area contributed by atoms with Crippen molar-refractivity contribution in [3.8, 4) is 0 Å². The normalized spacial score (nSPS) is 21.0. The lowest BCUT2D eigenvalue weighted by atomic mass is 9.81. The van der Waals surface area contributed by atoms with E-state index < -0.39 is 17.4 Å². The Kier molecular flexibility index (Phi) is 2.96. The quantitative estimate of drug-likeness (QED) is 0.764. The minimum Gasteiger partial charge on any atom is -0.375 e. The van der Waals surface area contributed by atoms with Gasteiger partial charge < -0.3 is 10.4 Å². The lowest BCUT2D eigenvalue weighted by molar-refractivity contribution is -0.135. The number of benzene rings is 2. The number of fused-ring (bicyclic) bond motifs is 2. The van der Waals surface area contributed by atoms with Crippen LogP contribution in [0, 0.1) is 0 Å². The first-order valence-corrected chi connectivity index (χ1v) is 7.60. The smallest absolute Gasteiger partial charge is 0.261 e. The monoisotopic (exact) mass is 304 g/mol. The number of rotatable bonds is 2. The first-order chi connectivity index (χ1) is 11.1. The number of pyridine rings is 1. The minimum absolute atomic E-state index is 0.402. The van der Waals surface area contributed by atoms with E-state index in [2.05, 4.69) is 10.3 Å². The molecule has 2 atom stereocenters. The van der Waals surface area contributed by atoms with Gasteiger partial charge in [-0.25, -0.2) is 0 Å². The largest absolute Gasteiger partial charge is 0.375 e. The number of carbonyl (C=O) groups is 1. The third-order valence-electron chi connectivity index (χ3n) is 4.62. The lowest BCUT2D eigenvalue weighted by Crippen LogP contribution is -2.39. The molecule has 1 amide bonds. The molecule has 2 heterocycles. The summed E-state index contributed by atoms with van der Waals surface area (Å²) in [5, 5.41) is 14.9. The molecule has 4 rings (SSSR count). The second-order valence-electron chi connectivity index (χ2n) is 5.92. The Morgan fingerprint density at radius 1 is 1.04 bits per heavy atom. The number of amides is 1. The van der Waals surface area contributed by atoms with Crippen LogP contribution in [0.25, 0.3) is 10.9 Å². The van der Waals surface area contributed by atoms with Crippen LogP contribution in [0.5, 0.6) is 0 Å². The number of aromatic nitrogens is 1. The van der Waals surface area contributed by atoms with Crippen LogP contribution in [0.1, 0.15) is 24.1 Å². The SMILES string of the molecule is CC(c1ccc2ccccc2n1)C1(O)C(=O)Nc2ccccc21. The summed E-state index contributed by atoms with van der Waals surface area (Å²) >= 11 is 0. The van der Waals surface area contributed by atoms with Crippen molar-refractivity contribution in [1.29, 1.82) is 0 Å². The van der Waals surface area contributed by atoms with Gasteiger partial charge in [-0.3, -0.25) is 9.78 Å². The zero-order valence-electron chi connectivity index (χ0n) is 12.7. The number of anilines is 1. The topological polar surface area (TPSA) is 62.2 Å². The third-order valence-corrected chi connectivity index (χ3v) is 4.62. The Bertz CT molecular complexity index is 922. The number of carbonyl (C=O) groups excluding carboxylic acids is 1. The second-order valence-corrected chi connectivity index (χ2v) is 5.92. The molecule has 0 radical (unpaired) electrons. The molecule has 0 fully saturated rings. The zero-order chi connectivity index (χ0) is 16.0. The molecular formula is C19H16N2O2. The molecule has 4 heteroatoms. The van der Waals surface area contributed by atoms with Crippen molar-refractivity contribution in [1.82, 2.24) is 4.98 Å². The first kappa shape index (κ1) is 13.9. The van der Waals surface area contributed by atoms with E-state index in [4.69, 9.17) is 0 Å². The van der Waals surface area contributed by atoms with Crippen LogP contribution in [0.15, 0.2) is 60.7 Å². The van der Waals surface area contributed by atoms with E-state index in [9.17, 15) is 9.90 Å². The standard InChI is InChI=1S/C19H16N2O2/c1-12(15-11-10-13-6-2-4-8-16(13)20-15)19(23)14-7-3-5-9-17(14)21-18(19)22/h2-12,23H,1H3,(H,21,22). The molecule has 0 saturated carbocycles. The fourth-order valence-electron chi connectivity index (χ4n) is 3.23. The fourth-order valence-corrected chi connectivity index (χ4v) is 3.23. The summed E-state index contributed by atoms with van der Waals surface area (Å²) in [4.78, 5) is 17.1. The van der Waals surface area contributed by atoms with Crippen LogP contribution in [-0.4, -0.2) is 16.0 Å². The molecule has 0 spiro atoms. The summed E-state index contributed by atoms with van der Waals surface area (Å²) in [6.45, 7) is 1.83. The summed E-state index contributed by atoms with van der Waals surface area (Å²) in [5.41, 5.74) is 1.21. The van der Waals surface area contributed by atoms with E-state index in [1.54, 1.807) is 12.1 Å². The van der Waals surface area contributed by atoms with Crippen LogP contribution in [0.2, 0.25) is 0 Å². The first-order valence-electron chi connectivity index (χ1n) is 7.60. The highest BCUT2D eigenvalue weighted by atomic mass is 16.3. The van der Waals surface area contributed by atoms with Gasteiger partial charge in [0.1, 0.15) is 0 Å². The lowest BCUT2D eigenvalue weighted by Gasteiger charge is -2.28. The summed E-state index contributed by atoms with van der Waals surface area (Å²) in [6, 6.07) is 18.9. The Balaban J connectivity index is 1.83. The highest BCUT2D eigenvalue weighted by Gasteiger charge is 2.50. The number of nitrogens with zero attached hydrogens (tertiary/aromatic N) is 1.